The molecule has 224 valence electrons. The van der Waals surface area contributed by atoms with Crippen molar-refractivity contribution in [3.05, 3.63) is 41.5 Å². The Hall–Kier alpha value is -2.28. The Labute approximate surface area is 238 Å². The van der Waals surface area contributed by atoms with E-state index in [0.717, 1.165) is 63.4 Å². The molecule has 3 fully saturated rings. The van der Waals surface area contributed by atoms with E-state index in [2.05, 4.69) is 11.8 Å². The van der Waals surface area contributed by atoms with Crippen LogP contribution in [0.2, 0.25) is 0 Å². The van der Waals surface area contributed by atoms with Crippen molar-refractivity contribution >= 4 is 16.7 Å². The quantitative estimate of drug-likeness (QED) is 0.340. The summed E-state index contributed by atoms with van der Waals surface area (Å²) in [6.07, 6.45) is 3.50. The number of piperidine rings is 2. The minimum atomic E-state index is -4.51. The SMILES string of the molecule is CC.CC.COC(=O)C1CC2CCCC(C1)N2Cc1cccc2c(C(F)(F)F)c(OC3CCC(C)CC3)ccc12. The van der Waals surface area contributed by atoms with Crippen LogP contribution in [0.1, 0.15) is 104 Å². The predicted molar refractivity (Wildman–Crippen MR) is 155 cm³/mol. The number of hydrogen-bond acceptors (Lipinski definition) is 4. The molecule has 0 amide bonds. The van der Waals surface area contributed by atoms with Crippen LogP contribution in [0.5, 0.6) is 5.75 Å². The first-order valence-corrected chi connectivity index (χ1v) is 15.4. The zero-order valence-corrected chi connectivity index (χ0v) is 25.2. The normalized spacial score (nSPS) is 26.6. The third kappa shape index (κ3) is 7.32. The summed E-state index contributed by atoms with van der Waals surface area (Å²) in [5.74, 6) is 0.311. The van der Waals surface area contributed by atoms with E-state index in [-0.39, 0.29) is 41.2 Å². The van der Waals surface area contributed by atoms with Crippen LogP contribution >= 0.6 is 0 Å². The summed E-state index contributed by atoms with van der Waals surface area (Å²) in [4.78, 5) is 14.6. The smallest absolute Gasteiger partial charge is 0.420 e. The Kier molecular flexibility index (Phi) is 11.7. The number of rotatable bonds is 5. The maximum Gasteiger partial charge on any atom is 0.420 e. The Morgan fingerprint density at radius 3 is 2.10 bits per heavy atom. The number of hydrogen-bond donors (Lipinski definition) is 0. The third-order valence-corrected chi connectivity index (χ3v) is 8.67. The molecule has 0 spiro atoms. The molecule has 3 aliphatic rings. The second kappa shape index (κ2) is 14.6. The van der Waals surface area contributed by atoms with E-state index in [4.69, 9.17) is 9.47 Å². The molecule has 7 heteroatoms. The Morgan fingerprint density at radius 1 is 0.900 bits per heavy atom. The third-order valence-electron chi connectivity index (χ3n) is 8.67. The minimum Gasteiger partial charge on any atom is -0.490 e. The van der Waals surface area contributed by atoms with E-state index < -0.39 is 11.7 Å². The highest BCUT2D eigenvalue weighted by Gasteiger charge is 2.42. The first-order valence-electron chi connectivity index (χ1n) is 15.4. The van der Waals surface area contributed by atoms with Gasteiger partial charge in [-0.25, -0.2) is 0 Å². The molecular weight excluding hydrogens is 515 g/mol. The van der Waals surface area contributed by atoms with Crippen LogP contribution in [0, 0.1) is 11.8 Å². The molecule has 1 saturated carbocycles. The standard InChI is InChI=1S/C29H36F3NO3.2C2H6/c1-18-9-11-23(12-10-18)36-26-14-13-24-19(5-3-8-25(24)27(26)29(30,31)32)17-33-21-6-4-7-22(33)16-20(15-21)28(34)35-2;2*1-2/h3,5,8,13-14,18,20-23H,4,6-7,9-12,15-17H2,1-2H3;2*1-2H3. The monoisotopic (exact) mass is 563 g/mol. The number of fused-ring (bicyclic) bond motifs is 3. The Bertz CT molecular complexity index is 1080. The van der Waals surface area contributed by atoms with Crippen LogP contribution in [0.4, 0.5) is 13.2 Å². The molecule has 2 saturated heterocycles. The summed E-state index contributed by atoms with van der Waals surface area (Å²) >= 11 is 0. The van der Waals surface area contributed by atoms with Gasteiger partial charge < -0.3 is 9.47 Å². The highest BCUT2D eigenvalue weighted by Crippen LogP contribution is 2.44. The molecule has 2 unspecified atom stereocenters. The van der Waals surface area contributed by atoms with Crippen LogP contribution in [0.15, 0.2) is 30.3 Å². The second-order valence-corrected chi connectivity index (χ2v) is 11.1. The zero-order valence-electron chi connectivity index (χ0n) is 25.2. The van der Waals surface area contributed by atoms with Crippen molar-refractivity contribution in [2.75, 3.05) is 7.11 Å². The highest BCUT2D eigenvalue weighted by molar-refractivity contribution is 5.91. The van der Waals surface area contributed by atoms with Crippen molar-refractivity contribution in [3.8, 4) is 5.75 Å². The first-order chi connectivity index (χ1) is 19.2. The Morgan fingerprint density at radius 2 is 1.52 bits per heavy atom. The molecule has 2 atom stereocenters. The predicted octanol–water partition coefficient (Wildman–Crippen LogP) is 9.17. The number of benzene rings is 2. The van der Waals surface area contributed by atoms with E-state index in [1.807, 2.05) is 33.8 Å². The van der Waals surface area contributed by atoms with Crippen LogP contribution in [0.25, 0.3) is 10.8 Å². The van der Waals surface area contributed by atoms with Crippen molar-refractivity contribution in [1.29, 1.82) is 0 Å². The molecular formula is C33H48F3NO3. The fourth-order valence-electron chi connectivity index (χ4n) is 6.75. The van der Waals surface area contributed by atoms with Gasteiger partial charge in [0.15, 0.2) is 0 Å². The number of nitrogens with zero attached hydrogens (tertiary/aromatic N) is 1. The van der Waals surface area contributed by atoms with Gasteiger partial charge in [0.2, 0.25) is 0 Å². The minimum absolute atomic E-state index is 0.0533. The topological polar surface area (TPSA) is 38.8 Å². The molecule has 0 aromatic heterocycles. The van der Waals surface area contributed by atoms with Crippen LogP contribution < -0.4 is 4.74 Å². The van der Waals surface area contributed by atoms with Gasteiger partial charge in [0.05, 0.1) is 19.1 Å². The molecule has 2 heterocycles. The van der Waals surface area contributed by atoms with Crippen molar-refractivity contribution in [1.82, 2.24) is 4.90 Å². The maximum atomic E-state index is 14.4. The zero-order chi connectivity index (χ0) is 29.4. The lowest BCUT2D eigenvalue weighted by Gasteiger charge is -2.48. The average molecular weight is 564 g/mol. The highest BCUT2D eigenvalue weighted by atomic mass is 19.4. The van der Waals surface area contributed by atoms with E-state index in [1.54, 1.807) is 18.2 Å². The van der Waals surface area contributed by atoms with Gasteiger partial charge in [-0.05, 0) is 79.7 Å². The second-order valence-electron chi connectivity index (χ2n) is 11.1. The van der Waals surface area contributed by atoms with Crippen molar-refractivity contribution in [2.24, 2.45) is 11.8 Å². The van der Waals surface area contributed by atoms with Gasteiger partial charge in [-0.3, -0.25) is 9.69 Å². The van der Waals surface area contributed by atoms with Crippen molar-refractivity contribution in [2.45, 2.75) is 123 Å². The summed E-state index contributed by atoms with van der Waals surface area (Å²) in [5.41, 5.74) is 0.231. The van der Waals surface area contributed by atoms with Gasteiger partial charge in [0.25, 0.3) is 0 Å². The number of alkyl halides is 3. The van der Waals surface area contributed by atoms with Crippen LogP contribution in [-0.2, 0) is 22.3 Å². The summed E-state index contributed by atoms with van der Waals surface area (Å²) < 4.78 is 54.2. The summed E-state index contributed by atoms with van der Waals surface area (Å²) in [6, 6.07) is 9.06. The first kappa shape index (κ1) is 32.2. The molecule has 4 nitrogen and oxygen atoms in total. The van der Waals surface area contributed by atoms with Crippen molar-refractivity contribution < 1.29 is 27.4 Å². The lowest BCUT2D eigenvalue weighted by Crippen LogP contribution is -2.52. The molecule has 2 aromatic carbocycles. The van der Waals surface area contributed by atoms with E-state index in [9.17, 15) is 18.0 Å². The lowest BCUT2D eigenvalue weighted by molar-refractivity contribution is -0.150. The fourth-order valence-corrected chi connectivity index (χ4v) is 6.75. The molecule has 2 bridgehead atoms. The molecule has 0 radical (unpaired) electrons. The number of halogens is 3. The number of carbonyl (C=O) groups is 1. The van der Waals surface area contributed by atoms with E-state index >= 15 is 0 Å². The summed E-state index contributed by atoms with van der Waals surface area (Å²) in [6.45, 7) is 10.8. The molecule has 40 heavy (non-hydrogen) atoms. The Balaban J connectivity index is 0.00000106. The average Bonchev–Trinajstić information content (AvgIpc) is 2.95. The molecule has 0 N–H and O–H groups in total. The molecule has 2 aliphatic heterocycles. The number of ether oxygens (including phenoxy) is 2. The van der Waals surface area contributed by atoms with Gasteiger partial charge in [-0.1, -0.05) is 65.3 Å². The van der Waals surface area contributed by atoms with Gasteiger partial charge in [0, 0.05) is 18.6 Å². The number of methoxy groups -OCH3 is 1. The molecule has 2 aromatic rings. The van der Waals surface area contributed by atoms with Crippen molar-refractivity contribution in [3.63, 3.8) is 0 Å². The van der Waals surface area contributed by atoms with Gasteiger partial charge in [-0.15, -0.1) is 0 Å². The molecule has 5 rings (SSSR count). The lowest BCUT2D eigenvalue weighted by atomic mass is 9.78. The molecule has 1 aliphatic carbocycles. The summed E-state index contributed by atoms with van der Waals surface area (Å²) in [5, 5.41) is 0.832. The van der Waals surface area contributed by atoms with E-state index in [0.29, 0.717) is 17.8 Å². The van der Waals surface area contributed by atoms with Gasteiger partial charge in [-0.2, -0.15) is 13.2 Å². The van der Waals surface area contributed by atoms with Gasteiger partial charge >= 0.3 is 12.1 Å². The van der Waals surface area contributed by atoms with E-state index in [1.165, 1.54) is 13.2 Å². The van der Waals surface area contributed by atoms with Crippen LogP contribution in [0.3, 0.4) is 0 Å². The largest absolute Gasteiger partial charge is 0.490 e. The maximum absolute atomic E-state index is 14.4. The number of carbonyl (C=O) groups excluding carboxylic acids is 1. The summed E-state index contributed by atoms with van der Waals surface area (Å²) in [7, 11) is 1.44. The fraction of sp³-hybridized carbons (Fsp3) is 0.667. The number of esters is 1. The van der Waals surface area contributed by atoms with Crippen LogP contribution in [-0.4, -0.2) is 36.2 Å². The van der Waals surface area contributed by atoms with Gasteiger partial charge in [0.1, 0.15) is 11.3 Å².